The molecule has 0 aliphatic heterocycles. The number of aromatic nitrogens is 2. The minimum atomic E-state index is 0.386. The van der Waals surface area contributed by atoms with Gasteiger partial charge in [-0.05, 0) is 81.4 Å². The average molecular weight is 546 g/mol. The molecule has 0 atom stereocenters. The molecular formula is C34H47N3O3. The van der Waals surface area contributed by atoms with E-state index in [1.807, 2.05) is 36.4 Å². The summed E-state index contributed by atoms with van der Waals surface area (Å²) >= 11 is 0. The van der Waals surface area contributed by atoms with Crippen molar-refractivity contribution in [3.63, 3.8) is 0 Å². The number of imidazole rings is 1. The predicted octanol–water partition coefficient (Wildman–Crippen LogP) is 7.75. The summed E-state index contributed by atoms with van der Waals surface area (Å²) in [5.41, 5.74) is 3.06. The van der Waals surface area contributed by atoms with Crippen LogP contribution in [0.15, 0.2) is 66.3 Å². The zero-order valence-electron chi connectivity index (χ0n) is 25.5. The molecule has 0 amide bonds. The van der Waals surface area contributed by atoms with Gasteiger partial charge in [-0.3, -0.25) is 0 Å². The smallest absolute Gasteiger partial charge is 0.127 e. The zero-order valence-corrected chi connectivity index (χ0v) is 25.5. The van der Waals surface area contributed by atoms with Crippen LogP contribution in [0.5, 0.6) is 11.5 Å². The summed E-state index contributed by atoms with van der Waals surface area (Å²) in [7, 11) is 1.64. The van der Waals surface area contributed by atoms with Crippen molar-refractivity contribution in [1.82, 2.24) is 14.5 Å². The van der Waals surface area contributed by atoms with Crippen molar-refractivity contribution < 1.29 is 14.2 Å². The van der Waals surface area contributed by atoms with Crippen LogP contribution in [0.1, 0.15) is 72.3 Å². The molecule has 0 spiro atoms. The summed E-state index contributed by atoms with van der Waals surface area (Å²) in [6.07, 6.45) is 18.9. The fraction of sp³-hybridized carbons (Fsp3) is 0.441. The van der Waals surface area contributed by atoms with Crippen LogP contribution in [0, 0.1) is 12.3 Å². The second kappa shape index (κ2) is 17.8. The Labute approximate surface area is 242 Å². The molecule has 40 heavy (non-hydrogen) atoms. The van der Waals surface area contributed by atoms with E-state index < -0.39 is 0 Å². The number of hydrogen-bond donors (Lipinski definition) is 0. The highest BCUT2D eigenvalue weighted by Gasteiger charge is 2.09. The highest BCUT2D eigenvalue weighted by Crippen LogP contribution is 2.22. The van der Waals surface area contributed by atoms with Crippen molar-refractivity contribution in [2.24, 2.45) is 0 Å². The summed E-state index contributed by atoms with van der Waals surface area (Å²) in [5.74, 6) is 6.84. The molecule has 0 aliphatic rings. The Morgan fingerprint density at radius 1 is 0.975 bits per heavy atom. The lowest BCUT2D eigenvalue weighted by atomic mass is 10.2. The molecule has 0 radical (unpaired) electrons. The number of nitrogens with zero attached hydrogens (tertiary/aromatic N) is 3. The molecule has 0 aliphatic carbocycles. The lowest BCUT2D eigenvalue weighted by molar-refractivity contribution is 0.181. The number of terminal acetylenes is 1. The molecule has 1 aromatic carbocycles. The number of benzene rings is 1. The average Bonchev–Trinajstić information content (AvgIpc) is 3.42. The molecule has 1 heterocycles. The molecule has 2 aromatic rings. The van der Waals surface area contributed by atoms with Gasteiger partial charge in [0.15, 0.2) is 0 Å². The lowest BCUT2D eigenvalue weighted by Crippen LogP contribution is -2.24. The predicted molar refractivity (Wildman–Crippen MR) is 167 cm³/mol. The van der Waals surface area contributed by atoms with Crippen LogP contribution in [0.4, 0.5) is 0 Å². The molecule has 6 heteroatoms. The van der Waals surface area contributed by atoms with E-state index in [9.17, 15) is 0 Å². The number of ether oxygens (including phenoxy) is 3. The first-order valence-corrected chi connectivity index (χ1v) is 14.3. The van der Waals surface area contributed by atoms with Crippen LogP contribution >= 0.6 is 0 Å². The van der Waals surface area contributed by atoms with Gasteiger partial charge in [0.2, 0.25) is 0 Å². The van der Waals surface area contributed by atoms with Crippen molar-refractivity contribution in [1.29, 1.82) is 0 Å². The first-order valence-electron chi connectivity index (χ1n) is 14.3. The summed E-state index contributed by atoms with van der Waals surface area (Å²) in [5, 5.41) is 0. The van der Waals surface area contributed by atoms with Crippen LogP contribution in [0.25, 0.3) is 11.3 Å². The Balaban J connectivity index is 2.16. The maximum Gasteiger partial charge on any atom is 0.127 e. The van der Waals surface area contributed by atoms with Gasteiger partial charge >= 0.3 is 0 Å². The number of rotatable bonds is 17. The van der Waals surface area contributed by atoms with Crippen molar-refractivity contribution >= 4 is 11.3 Å². The molecule has 2 rings (SSSR count). The number of methoxy groups -OCH3 is 1. The molecular weight excluding hydrogens is 498 g/mol. The van der Waals surface area contributed by atoms with E-state index in [1.54, 1.807) is 7.11 Å². The monoisotopic (exact) mass is 545 g/mol. The number of hydrogen-bond acceptors (Lipinski definition) is 5. The Morgan fingerprint density at radius 2 is 1.65 bits per heavy atom. The van der Waals surface area contributed by atoms with Crippen LogP contribution in [0.3, 0.4) is 0 Å². The van der Waals surface area contributed by atoms with Gasteiger partial charge in [-0.1, -0.05) is 39.7 Å². The zero-order chi connectivity index (χ0) is 29.3. The van der Waals surface area contributed by atoms with Gasteiger partial charge < -0.3 is 23.7 Å². The van der Waals surface area contributed by atoms with Crippen LogP contribution in [0.2, 0.25) is 0 Å². The molecule has 0 saturated heterocycles. The van der Waals surface area contributed by atoms with Gasteiger partial charge in [-0.25, -0.2) is 4.98 Å². The summed E-state index contributed by atoms with van der Waals surface area (Å²) in [6, 6.07) is 7.45. The van der Waals surface area contributed by atoms with Crippen LogP contribution < -0.4 is 9.47 Å². The van der Waals surface area contributed by atoms with Gasteiger partial charge in [0.05, 0.1) is 31.6 Å². The quantitative estimate of drug-likeness (QED) is 0.0880. The van der Waals surface area contributed by atoms with E-state index in [-0.39, 0.29) is 0 Å². The third kappa shape index (κ3) is 10.5. The highest BCUT2D eigenvalue weighted by molar-refractivity contribution is 5.63. The van der Waals surface area contributed by atoms with E-state index in [0.29, 0.717) is 17.9 Å². The van der Waals surface area contributed by atoms with Gasteiger partial charge in [0.25, 0.3) is 0 Å². The summed E-state index contributed by atoms with van der Waals surface area (Å²) in [6.45, 7) is 16.7. The number of allylic oxidation sites excluding steroid dienone is 8. The Morgan fingerprint density at radius 3 is 2.25 bits per heavy atom. The third-order valence-corrected chi connectivity index (χ3v) is 6.64. The molecule has 6 nitrogen and oxygen atoms in total. The maximum absolute atomic E-state index is 6.05. The van der Waals surface area contributed by atoms with Crippen LogP contribution in [-0.2, 0) is 11.2 Å². The molecule has 0 unspecified atom stereocenters. The summed E-state index contributed by atoms with van der Waals surface area (Å²) < 4.78 is 19.4. The van der Waals surface area contributed by atoms with E-state index in [4.69, 9.17) is 25.6 Å². The van der Waals surface area contributed by atoms with Gasteiger partial charge in [-0.15, -0.1) is 6.42 Å². The number of aryl methyl sites for hydroxylation is 1. The first kappa shape index (κ1) is 32.5. The first-order chi connectivity index (χ1) is 19.4. The third-order valence-electron chi connectivity index (χ3n) is 6.64. The largest absolute Gasteiger partial charge is 0.498 e. The summed E-state index contributed by atoms with van der Waals surface area (Å²) in [4.78, 5) is 7.31. The Hall–Kier alpha value is -3.69. The van der Waals surface area contributed by atoms with E-state index in [0.717, 1.165) is 79.8 Å². The van der Waals surface area contributed by atoms with Gasteiger partial charge in [0, 0.05) is 31.3 Å². The van der Waals surface area contributed by atoms with Gasteiger partial charge in [-0.2, -0.15) is 0 Å². The second-order valence-electron chi connectivity index (χ2n) is 9.43. The standard InChI is InChI=1S/C34H47N3O3/c1-9-15-31(40-32-22-20-30(38-8)21-23-32)19-17-28(7)37-26-33(35-34(37)11-3)27(6)16-18-29(10-2)39-25-14-24-36(12-4)13-5/h1,16-23,26H,10-15,24-25H2,2-8H3/b27-16+,28-17+,29-18+,31-19+. The molecule has 0 saturated carbocycles. The molecule has 0 fully saturated rings. The van der Waals surface area contributed by atoms with E-state index in [1.165, 1.54) is 0 Å². The molecule has 0 bridgehead atoms. The normalized spacial score (nSPS) is 13.0. The minimum absolute atomic E-state index is 0.386. The maximum atomic E-state index is 6.05. The fourth-order valence-electron chi connectivity index (χ4n) is 4.08. The highest BCUT2D eigenvalue weighted by atomic mass is 16.5. The Bertz CT molecular complexity index is 1210. The SMILES string of the molecule is C#CC/C(=C\C=C(/C)n1cc(/C(C)=C/C=C(\CC)OCCCN(CC)CC)nc1CC)Oc1ccc(OC)cc1. The van der Waals surface area contributed by atoms with Crippen molar-refractivity contribution in [2.75, 3.05) is 33.4 Å². The van der Waals surface area contributed by atoms with Crippen molar-refractivity contribution in [2.45, 2.75) is 67.2 Å². The van der Waals surface area contributed by atoms with E-state index >= 15 is 0 Å². The van der Waals surface area contributed by atoms with Crippen molar-refractivity contribution in [3.05, 3.63) is 77.8 Å². The fourth-order valence-corrected chi connectivity index (χ4v) is 4.08. The van der Waals surface area contributed by atoms with Crippen LogP contribution in [-0.4, -0.2) is 47.8 Å². The minimum Gasteiger partial charge on any atom is -0.498 e. The van der Waals surface area contributed by atoms with E-state index in [2.05, 4.69) is 75.3 Å². The Kier molecular flexibility index (Phi) is 14.5. The van der Waals surface area contributed by atoms with Crippen molar-refractivity contribution in [3.8, 4) is 23.8 Å². The molecule has 216 valence electrons. The second-order valence-corrected chi connectivity index (χ2v) is 9.43. The van der Waals surface area contributed by atoms with Gasteiger partial charge in [0.1, 0.15) is 23.1 Å². The molecule has 1 aromatic heterocycles. The molecule has 0 N–H and O–H groups in total. The lowest BCUT2D eigenvalue weighted by Gasteiger charge is -2.18. The topological polar surface area (TPSA) is 48.8 Å².